The van der Waals surface area contributed by atoms with Crippen molar-refractivity contribution in [2.45, 2.75) is 19.3 Å². The van der Waals surface area contributed by atoms with Gasteiger partial charge in [-0.3, -0.25) is 14.6 Å². The zero-order chi connectivity index (χ0) is 20.4. The molecule has 0 atom stereocenters. The Kier molecular flexibility index (Phi) is 5.05. The Hall–Kier alpha value is -3.21. The van der Waals surface area contributed by atoms with Gasteiger partial charge in [0.2, 0.25) is 5.91 Å². The number of hydrogen-bond acceptors (Lipinski definition) is 3. The Morgan fingerprint density at radius 1 is 0.828 bits per heavy atom. The van der Waals surface area contributed by atoms with Gasteiger partial charge in [-0.05, 0) is 30.9 Å². The molecule has 0 radical (unpaired) electrons. The van der Waals surface area contributed by atoms with Crippen molar-refractivity contribution in [2.24, 2.45) is 0 Å². The number of fused-ring (bicyclic) bond motifs is 1. The van der Waals surface area contributed by atoms with E-state index in [0.717, 1.165) is 16.3 Å². The Labute approximate surface area is 171 Å². The van der Waals surface area contributed by atoms with Crippen molar-refractivity contribution in [1.29, 1.82) is 0 Å². The van der Waals surface area contributed by atoms with Crippen molar-refractivity contribution >= 4 is 22.6 Å². The molecular formula is C24H25N3O2. The van der Waals surface area contributed by atoms with Crippen LogP contribution in [0.4, 0.5) is 0 Å². The number of amides is 2. The molecule has 3 aromatic rings. The summed E-state index contributed by atoms with van der Waals surface area (Å²) in [5.41, 5.74) is 0.890. The largest absolute Gasteiger partial charge is 0.338 e. The lowest BCUT2D eigenvalue weighted by molar-refractivity contribution is -0.137. The Bertz CT molecular complexity index is 1030. The molecule has 1 aromatic heterocycles. The number of nitrogens with zero attached hydrogens (tertiary/aromatic N) is 3. The van der Waals surface area contributed by atoms with Crippen LogP contribution in [0, 0.1) is 0 Å². The first-order valence-corrected chi connectivity index (χ1v) is 9.96. The SMILES string of the molecule is CC(C)(C(=O)N1CCN(C(=O)c2nccc3ccccc23)CC1)c1ccccc1. The summed E-state index contributed by atoms with van der Waals surface area (Å²) in [6.07, 6.45) is 1.68. The van der Waals surface area contributed by atoms with Gasteiger partial charge >= 0.3 is 0 Å². The average Bonchev–Trinajstić information content (AvgIpc) is 2.78. The van der Waals surface area contributed by atoms with Crippen LogP contribution in [-0.2, 0) is 10.2 Å². The monoisotopic (exact) mass is 387 g/mol. The second-order valence-electron chi connectivity index (χ2n) is 7.96. The van der Waals surface area contributed by atoms with Crippen LogP contribution in [0.5, 0.6) is 0 Å². The highest BCUT2D eigenvalue weighted by molar-refractivity contribution is 6.05. The fourth-order valence-electron chi connectivity index (χ4n) is 3.93. The van der Waals surface area contributed by atoms with E-state index in [-0.39, 0.29) is 11.8 Å². The molecule has 5 heteroatoms. The van der Waals surface area contributed by atoms with E-state index < -0.39 is 5.41 Å². The van der Waals surface area contributed by atoms with Crippen molar-refractivity contribution in [3.05, 3.63) is 78.1 Å². The van der Waals surface area contributed by atoms with Crippen molar-refractivity contribution < 1.29 is 9.59 Å². The van der Waals surface area contributed by atoms with E-state index in [1.54, 1.807) is 11.1 Å². The van der Waals surface area contributed by atoms with Crippen molar-refractivity contribution in [3.63, 3.8) is 0 Å². The first-order valence-electron chi connectivity index (χ1n) is 9.96. The zero-order valence-electron chi connectivity index (χ0n) is 16.8. The van der Waals surface area contributed by atoms with Crippen LogP contribution in [0.2, 0.25) is 0 Å². The zero-order valence-corrected chi connectivity index (χ0v) is 16.8. The van der Waals surface area contributed by atoms with Gasteiger partial charge in [0.15, 0.2) is 0 Å². The van der Waals surface area contributed by atoms with Crippen molar-refractivity contribution in [1.82, 2.24) is 14.8 Å². The minimum absolute atomic E-state index is 0.0729. The maximum Gasteiger partial charge on any atom is 0.273 e. The number of pyridine rings is 1. The van der Waals surface area contributed by atoms with Gasteiger partial charge in [0.1, 0.15) is 5.69 Å². The lowest BCUT2D eigenvalue weighted by Crippen LogP contribution is -2.54. The molecular weight excluding hydrogens is 362 g/mol. The van der Waals surface area contributed by atoms with Crippen LogP contribution < -0.4 is 0 Å². The molecule has 2 heterocycles. The van der Waals surface area contributed by atoms with Crippen LogP contribution in [0.15, 0.2) is 66.9 Å². The van der Waals surface area contributed by atoms with Crippen LogP contribution in [0.3, 0.4) is 0 Å². The number of hydrogen-bond donors (Lipinski definition) is 0. The molecule has 1 fully saturated rings. The van der Waals surface area contributed by atoms with Crippen molar-refractivity contribution in [3.8, 4) is 0 Å². The van der Waals surface area contributed by atoms with Crippen molar-refractivity contribution in [2.75, 3.05) is 26.2 Å². The summed E-state index contributed by atoms with van der Waals surface area (Å²) < 4.78 is 0. The smallest absolute Gasteiger partial charge is 0.273 e. The molecule has 4 rings (SSSR count). The molecule has 2 aromatic carbocycles. The molecule has 0 aliphatic carbocycles. The van der Waals surface area contributed by atoms with E-state index in [2.05, 4.69) is 4.98 Å². The summed E-state index contributed by atoms with van der Waals surface area (Å²) >= 11 is 0. The summed E-state index contributed by atoms with van der Waals surface area (Å²) in [7, 11) is 0. The predicted molar refractivity (Wildman–Crippen MR) is 114 cm³/mol. The molecule has 0 saturated carbocycles. The van der Waals surface area contributed by atoms with Gasteiger partial charge in [-0.15, -0.1) is 0 Å². The third kappa shape index (κ3) is 3.60. The molecule has 1 aliphatic rings. The van der Waals surface area contributed by atoms with Gasteiger partial charge in [0.25, 0.3) is 5.91 Å². The minimum Gasteiger partial charge on any atom is -0.338 e. The number of aromatic nitrogens is 1. The first-order chi connectivity index (χ1) is 14.0. The first kappa shape index (κ1) is 19.1. The third-order valence-electron chi connectivity index (χ3n) is 5.76. The Morgan fingerprint density at radius 2 is 1.45 bits per heavy atom. The molecule has 0 spiro atoms. The summed E-state index contributed by atoms with van der Waals surface area (Å²) in [6, 6.07) is 19.5. The normalized spacial score (nSPS) is 14.8. The molecule has 0 unspecified atom stereocenters. The van der Waals surface area contributed by atoms with Gasteiger partial charge in [-0.1, -0.05) is 54.6 Å². The topological polar surface area (TPSA) is 53.5 Å². The van der Waals surface area contributed by atoms with E-state index in [1.165, 1.54) is 0 Å². The van der Waals surface area contributed by atoms with Crippen LogP contribution >= 0.6 is 0 Å². The van der Waals surface area contributed by atoms with Gasteiger partial charge < -0.3 is 9.80 Å². The van der Waals surface area contributed by atoms with Crippen LogP contribution in [-0.4, -0.2) is 52.8 Å². The molecule has 29 heavy (non-hydrogen) atoms. The minimum atomic E-state index is -0.593. The van der Waals surface area contributed by atoms with Gasteiger partial charge in [0.05, 0.1) is 5.41 Å². The molecule has 1 saturated heterocycles. The highest BCUT2D eigenvalue weighted by Crippen LogP contribution is 2.26. The maximum absolute atomic E-state index is 13.2. The number of piperazine rings is 1. The van der Waals surface area contributed by atoms with Crippen LogP contribution in [0.25, 0.3) is 10.8 Å². The van der Waals surface area contributed by atoms with E-state index in [9.17, 15) is 9.59 Å². The number of carbonyl (C=O) groups is 2. The molecule has 0 N–H and O–H groups in total. The third-order valence-corrected chi connectivity index (χ3v) is 5.76. The molecule has 2 amide bonds. The van der Waals surface area contributed by atoms with Gasteiger partial charge in [-0.25, -0.2) is 0 Å². The summed E-state index contributed by atoms with van der Waals surface area (Å²) in [6.45, 7) is 6.02. The van der Waals surface area contributed by atoms with E-state index in [0.29, 0.717) is 31.9 Å². The van der Waals surface area contributed by atoms with E-state index in [1.807, 2.05) is 79.4 Å². The van der Waals surface area contributed by atoms with E-state index >= 15 is 0 Å². The fourth-order valence-corrected chi connectivity index (χ4v) is 3.93. The quantitative estimate of drug-likeness (QED) is 0.691. The van der Waals surface area contributed by atoms with Gasteiger partial charge in [0, 0.05) is 37.8 Å². The second-order valence-corrected chi connectivity index (χ2v) is 7.96. The van der Waals surface area contributed by atoms with Gasteiger partial charge in [-0.2, -0.15) is 0 Å². The van der Waals surface area contributed by atoms with E-state index in [4.69, 9.17) is 0 Å². The Balaban J connectivity index is 1.47. The molecule has 5 nitrogen and oxygen atoms in total. The standard InChI is InChI=1S/C24H25N3O2/c1-24(2,19-9-4-3-5-10-19)23(29)27-16-14-26(15-17-27)22(28)21-20-11-7-6-8-18(20)12-13-25-21/h3-13H,14-17H2,1-2H3. The number of carbonyl (C=O) groups excluding carboxylic acids is 2. The van der Waals surface area contributed by atoms with Crippen LogP contribution in [0.1, 0.15) is 29.9 Å². The lowest BCUT2D eigenvalue weighted by atomic mass is 9.83. The second kappa shape index (κ2) is 7.66. The molecule has 1 aliphatic heterocycles. The maximum atomic E-state index is 13.2. The summed E-state index contributed by atoms with van der Waals surface area (Å²) in [4.78, 5) is 34.2. The summed E-state index contributed by atoms with van der Waals surface area (Å²) in [5, 5.41) is 1.87. The predicted octanol–water partition coefficient (Wildman–Crippen LogP) is 3.50. The highest BCUT2D eigenvalue weighted by Gasteiger charge is 2.36. The number of benzene rings is 2. The average molecular weight is 387 g/mol. The summed E-state index contributed by atoms with van der Waals surface area (Å²) in [5.74, 6) is 0.0234. The highest BCUT2D eigenvalue weighted by atomic mass is 16.2. The fraction of sp³-hybridized carbons (Fsp3) is 0.292. The molecule has 148 valence electrons. The Morgan fingerprint density at radius 3 is 2.17 bits per heavy atom. The lowest BCUT2D eigenvalue weighted by Gasteiger charge is -2.38. The number of rotatable bonds is 3. The molecule has 0 bridgehead atoms.